The van der Waals surface area contributed by atoms with Crippen LogP contribution in [-0.4, -0.2) is 10.8 Å². The van der Waals surface area contributed by atoms with Crippen LogP contribution in [-0.2, 0) is 4.79 Å². The van der Waals surface area contributed by atoms with Crippen LogP contribution < -0.4 is 11.5 Å². The van der Waals surface area contributed by atoms with E-state index >= 15 is 0 Å². The van der Waals surface area contributed by atoms with E-state index in [1.807, 2.05) is 0 Å². The van der Waals surface area contributed by atoms with Gasteiger partial charge >= 0.3 is 0 Å². The highest BCUT2D eigenvalue weighted by Gasteiger charge is 2.12. The summed E-state index contributed by atoms with van der Waals surface area (Å²) in [5, 5.41) is 10.5. The van der Waals surface area contributed by atoms with Crippen LogP contribution in [0.25, 0.3) is 0 Å². The van der Waals surface area contributed by atoms with Gasteiger partial charge in [-0.3, -0.25) is 14.9 Å². The number of nitrogens with two attached hydrogens (primary N) is 2. The van der Waals surface area contributed by atoms with Gasteiger partial charge in [-0.1, -0.05) is 12.1 Å². The van der Waals surface area contributed by atoms with Crippen molar-refractivity contribution in [2.75, 3.05) is 0 Å². The molecule has 6 nitrogen and oxygen atoms in total. The lowest BCUT2D eigenvalue weighted by Gasteiger charge is -2.08. The molecule has 0 aromatic heterocycles. The number of benzene rings is 1. The Bertz CT molecular complexity index is 392. The summed E-state index contributed by atoms with van der Waals surface area (Å²) < 4.78 is 0. The lowest BCUT2D eigenvalue weighted by molar-refractivity contribution is -0.384. The molecule has 0 spiro atoms. The molecule has 0 radical (unpaired) electrons. The molecule has 0 bridgehead atoms. The maximum Gasteiger partial charge on any atom is 0.269 e. The van der Waals surface area contributed by atoms with Crippen LogP contribution >= 0.6 is 0 Å². The summed E-state index contributed by atoms with van der Waals surface area (Å²) in [5.41, 5.74) is 11.1. The summed E-state index contributed by atoms with van der Waals surface area (Å²) in [4.78, 5) is 20.6. The minimum Gasteiger partial charge on any atom is -0.370 e. The van der Waals surface area contributed by atoms with Crippen molar-refractivity contribution in [1.29, 1.82) is 0 Å². The predicted molar refractivity (Wildman–Crippen MR) is 53.8 cm³/mol. The molecule has 0 aliphatic heterocycles. The first-order chi connectivity index (χ1) is 7.00. The van der Waals surface area contributed by atoms with Gasteiger partial charge in [0.1, 0.15) is 0 Å². The monoisotopic (exact) mass is 209 g/mol. The number of nitro groups is 1. The highest BCUT2D eigenvalue weighted by molar-refractivity contribution is 5.74. The topological polar surface area (TPSA) is 112 Å². The number of non-ortho nitro benzene ring substituents is 1. The summed E-state index contributed by atoms with van der Waals surface area (Å²) >= 11 is 0. The smallest absolute Gasteiger partial charge is 0.269 e. The van der Waals surface area contributed by atoms with Gasteiger partial charge in [-0.25, -0.2) is 0 Å². The molecule has 1 rings (SSSR count). The van der Waals surface area contributed by atoms with E-state index in [9.17, 15) is 14.9 Å². The number of rotatable bonds is 4. The lowest BCUT2D eigenvalue weighted by atomic mass is 10.0. The summed E-state index contributed by atoms with van der Waals surface area (Å²) in [7, 11) is 0. The maximum absolute atomic E-state index is 10.6. The molecule has 1 aromatic rings. The van der Waals surface area contributed by atoms with E-state index < -0.39 is 16.9 Å². The minimum atomic E-state index is -0.595. The van der Waals surface area contributed by atoms with Crippen LogP contribution in [0, 0.1) is 10.1 Å². The molecule has 6 heteroatoms. The molecule has 1 atom stereocenters. The Morgan fingerprint density at radius 2 is 2.20 bits per heavy atom. The molecule has 15 heavy (non-hydrogen) atoms. The van der Waals surface area contributed by atoms with Crippen molar-refractivity contribution in [3.05, 3.63) is 39.9 Å². The summed E-state index contributed by atoms with van der Waals surface area (Å²) in [5.74, 6) is -0.533. The van der Waals surface area contributed by atoms with Crippen molar-refractivity contribution < 1.29 is 9.72 Å². The van der Waals surface area contributed by atoms with Gasteiger partial charge in [-0.15, -0.1) is 0 Å². The first kappa shape index (κ1) is 11.1. The molecule has 0 aliphatic carbocycles. The van der Waals surface area contributed by atoms with Crippen molar-refractivity contribution in [3.63, 3.8) is 0 Å². The average molecular weight is 209 g/mol. The van der Waals surface area contributed by atoms with Gasteiger partial charge in [0, 0.05) is 24.6 Å². The number of carbonyl (C=O) groups is 1. The zero-order chi connectivity index (χ0) is 11.4. The van der Waals surface area contributed by atoms with E-state index in [4.69, 9.17) is 11.5 Å². The number of carbonyl (C=O) groups excluding carboxylic acids is 1. The van der Waals surface area contributed by atoms with Crippen molar-refractivity contribution in [2.45, 2.75) is 12.5 Å². The van der Waals surface area contributed by atoms with Crippen LogP contribution in [0.2, 0.25) is 0 Å². The minimum absolute atomic E-state index is 0.0266. The Morgan fingerprint density at radius 1 is 1.53 bits per heavy atom. The Balaban J connectivity index is 2.89. The summed E-state index contributed by atoms with van der Waals surface area (Å²) in [6.07, 6.45) is -0.0266. The Labute approximate surface area is 86.0 Å². The molecule has 1 aromatic carbocycles. The Kier molecular flexibility index (Phi) is 3.35. The van der Waals surface area contributed by atoms with Gasteiger partial charge in [-0.05, 0) is 5.56 Å². The van der Waals surface area contributed by atoms with E-state index in [0.717, 1.165) is 0 Å². The third-order valence-corrected chi connectivity index (χ3v) is 1.93. The van der Waals surface area contributed by atoms with Gasteiger partial charge in [0.25, 0.3) is 5.69 Å². The second-order valence-electron chi connectivity index (χ2n) is 3.13. The quantitative estimate of drug-likeness (QED) is 0.554. The third kappa shape index (κ3) is 3.03. The van der Waals surface area contributed by atoms with E-state index in [1.54, 1.807) is 6.07 Å². The first-order valence-corrected chi connectivity index (χ1v) is 4.29. The molecule has 0 fully saturated rings. The largest absolute Gasteiger partial charge is 0.370 e. The molecular weight excluding hydrogens is 198 g/mol. The lowest BCUT2D eigenvalue weighted by Crippen LogP contribution is -2.20. The molecule has 0 heterocycles. The SMILES string of the molecule is NC(=O)C[C@@H](N)c1cccc([N+](=O)[O-])c1. The highest BCUT2D eigenvalue weighted by Crippen LogP contribution is 2.19. The second-order valence-corrected chi connectivity index (χ2v) is 3.13. The molecule has 4 N–H and O–H groups in total. The van der Waals surface area contributed by atoms with Crippen LogP contribution in [0.5, 0.6) is 0 Å². The number of amides is 1. The number of hydrogen-bond acceptors (Lipinski definition) is 4. The highest BCUT2D eigenvalue weighted by atomic mass is 16.6. The normalized spacial score (nSPS) is 12.1. The van der Waals surface area contributed by atoms with E-state index in [0.29, 0.717) is 5.56 Å². The average Bonchev–Trinajstić information content (AvgIpc) is 2.17. The van der Waals surface area contributed by atoms with Crippen molar-refractivity contribution in [1.82, 2.24) is 0 Å². The van der Waals surface area contributed by atoms with E-state index in [-0.39, 0.29) is 12.1 Å². The van der Waals surface area contributed by atoms with E-state index in [1.165, 1.54) is 18.2 Å². The number of nitrogens with zero attached hydrogens (tertiary/aromatic N) is 1. The molecule has 80 valence electrons. The molecule has 0 saturated heterocycles. The second kappa shape index (κ2) is 4.52. The van der Waals surface area contributed by atoms with Gasteiger partial charge in [0.15, 0.2) is 0 Å². The Hall–Kier alpha value is -1.95. The van der Waals surface area contributed by atoms with Gasteiger partial charge in [-0.2, -0.15) is 0 Å². The number of nitro benzene ring substituents is 1. The summed E-state index contributed by atoms with van der Waals surface area (Å²) in [6.45, 7) is 0. The van der Waals surface area contributed by atoms with Crippen LogP contribution in [0.1, 0.15) is 18.0 Å². The van der Waals surface area contributed by atoms with E-state index in [2.05, 4.69) is 0 Å². The molecule has 0 saturated carbocycles. The summed E-state index contributed by atoms with van der Waals surface area (Å²) in [6, 6.07) is 5.26. The fourth-order valence-corrected chi connectivity index (χ4v) is 1.20. The first-order valence-electron chi connectivity index (χ1n) is 4.29. The van der Waals surface area contributed by atoms with Gasteiger partial charge < -0.3 is 11.5 Å². The van der Waals surface area contributed by atoms with Crippen LogP contribution in [0.4, 0.5) is 5.69 Å². The maximum atomic E-state index is 10.6. The number of primary amides is 1. The predicted octanol–water partition coefficient (Wildman–Crippen LogP) is 0.470. The van der Waals surface area contributed by atoms with Crippen LogP contribution in [0.15, 0.2) is 24.3 Å². The molecule has 0 aliphatic rings. The molecular formula is C9H11N3O3. The zero-order valence-corrected chi connectivity index (χ0v) is 7.92. The van der Waals surface area contributed by atoms with Crippen molar-refractivity contribution in [3.8, 4) is 0 Å². The van der Waals surface area contributed by atoms with Crippen LogP contribution in [0.3, 0.4) is 0 Å². The molecule has 1 amide bonds. The standard InChI is InChI=1S/C9H11N3O3/c10-8(5-9(11)13)6-2-1-3-7(4-6)12(14)15/h1-4,8H,5,10H2,(H2,11,13)/t8-/m1/s1. The molecule has 0 unspecified atom stereocenters. The van der Waals surface area contributed by atoms with Crippen molar-refractivity contribution >= 4 is 11.6 Å². The Morgan fingerprint density at radius 3 is 2.73 bits per heavy atom. The zero-order valence-electron chi connectivity index (χ0n) is 7.92. The third-order valence-electron chi connectivity index (χ3n) is 1.93. The fourth-order valence-electron chi connectivity index (χ4n) is 1.20. The van der Waals surface area contributed by atoms with Crippen molar-refractivity contribution in [2.24, 2.45) is 11.5 Å². The number of hydrogen-bond donors (Lipinski definition) is 2. The fraction of sp³-hybridized carbons (Fsp3) is 0.222. The van der Waals surface area contributed by atoms with Gasteiger partial charge in [0.05, 0.1) is 4.92 Å². The van der Waals surface area contributed by atoms with Gasteiger partial charge in [0.2, 0.25) is 5.91 Å².